The van der Waals surface area contributed by atoms with Crippen molar-refractivity contribution in [1.82, 2.24) is 0 Å². The smallest absolute Gasteiger partial charge is 0.0349 e. The van der Waals surface area contributed by atoms with Crippen molar-refractivity contribution in [2.45, 2.75) is 25.8 Å². The van der Waals surface area contributed by atoms with Crippen molar-refractivity contribution >= 4 is 27.1 Å². The summed E-state index contributed by atoms with van der Waals surface area (Å²) in [5.74, 6) is 2.49. The summed E-state index contributed by atoms with van der Waals surface area (Å²) in [6, 6.07) is 9.51. The minimum atomic E-state index is 0.566. The molecule has 2 bridgehead atoms. The topological polar surface area (TPSA) is 12.0 Å². The summed E-state index contributed by atoms with van der Waals surface area (Å²) in [4.78, 5) is 0. The Morgan fingerprint density at radius 1 is 1.21 bits per heavy atom. The number of fused-ring (bicyclic) bond motifs is 3. The summed E-state index contributed by atoms with van der Waals surface area (Å²) in [6.07, 6.45) is 7.63. The van der Waals surface area contributed by atoms with E-state index in [4.69, 9.17) is 0 Å². The maximum Gasteiger partial charge on any atom is 0.0349 e. The first-order chi connectivity index (χ1) is 9.29. The Bertz CT molecular complexity index is 627. The highest BCUT2D eigenvalue weighted by Gasteiger charge is 2.38. The number of benzene rings is 1. The largest absolute Gasteiger partial charge is 0.382 e. The summed E-state index contributed by atoms with van der Waals surface area (Å²) >= 11 is 1.81. The minimum Gasteiger partial charge on any atom is -0.382 e. The second-order valence-electron chi connectivity index (χ2n) is 6.05. The van der Waals surface area contributed by atoms with E-state index in [1.165, 1.54) is 28.6 Å². The third-order valence-electron chi connectivity index (χ3n) is 4.82. The second-order valence-corrected chi connectivity index (χ2v) is 7.00. The predicted molar refractivity (Wildman–Crippen MR) is 83.8 cm³/mol. The van der Waals surface area contributed by atoms with Gasteiger partial charge < -0.3 is 5.32 Å². The summed E-state index contributed by atoms with van der Waals surface area (Å²) in [5, 5.41) is 7.24. The van der Waals surface area contributed by atoms with Gasteiger partial charge in [0.1, 0.15) is 0 Å². The van der Waals surface area contributed by atoms with Crippen LogP contribution in [-0.4, -0.2) is 6.04 Å². The standard InChI is InChI=1S/C17H19NS/c1-11(16-9-12-2-3-13(16)8-12)18-15-4-5-17-14(10-15)6-7-19-17/h2-7,10-13,16,18H,8-9H2,1H3. The maximum absolute atomic E-state index is 3.72. The average Bonchev–Trinajstić information content (AvgIpc) is 3.13. The van der Waals surface area contributed by atoms with Crippen molar-refractivity contribution in [3.8, 4) is 0 Å². The van der Waals surface area contributed by atoms with Gasteiger partial charge in [-0.2, -0.15) is 0 Å². The number of nitrogens with one attached hydrogen (secondary N) is 1. The van der Waals surface area contributed by atoms with Gasteiger partial charge in [-0.3, -0.25) is 0 Å². The molecule has 1 saturated carbocycles. The van der Waals surface area contributed by atoms with Crippen molar-refractivity contribution in [3.05, 3.63) is 41.8 Å². The number of thiophene rings is 1. The van der Waals surface area contributed by atoms with Crippen LogP contribution in [0.15, 0.2) is 41.8 Å². The van der Waals surface area contributed by atoms with Gasteiger partial charge in [-0.1, -0.05) is 12.2 Å². The molecule has 1 fully saturated rings. The molecule has 0 radical (unpaired) electrons. The highest BCUT2D eigenvalue weighted by molar-refractivity contribution is 7.17. The molecule has 1 heterocycles. The van der Waals surface area contributed by atoms with E-state index >= 15 is 0 Å². The van der Waals surface area contributed by atoms with Gasteiger partial charge in [-0.25, -0.2) is 0 Å². The maximum atomic E-state index is 3.72. The number of anilines is 1. The third-order valence-corrected chi connectivity index (χ3v) is 5.72. The molecule has 19 heavy (non-hydrogen) atoms. The summed E-state index contributed by atoms with van der Waals surface area (Å²) in [6.45, 7) is 2.34. The molecule has 2 aliphatic rings. The molecule has 4 unspecified atom stereocenters. The summed E-state index contributed by atoms with van der Waals surface area (Å²) in [5.41, 5.74) is 1.27. The van der Waals surface area contributed by atoms with Crippen LogP contribution in [0.25, 0.3) is 10.1 Å². The van der Waals surface area contributed by atoms with Gasteiger partial charge in [0.15, 0.2) is 0 Å². The molecule has 0 spiro atoms. The van der Waals surface area contributed by atoms with Gasteiger partial charge in [-0.15, -0.1) is 11.3 Å². The minimum absolute atomic E-state index is 0.566. The van der Waals surface area contributed by atoms with Crippen molar-refractivity contribution in [3.63, 3.8) is 0 Å². The van der Waals surface area contributed by atoms with Crippen LogP contribution in [0.3, 0.4) is 0 Å². The summed E-state index contributed by atoms with van der Waals surface area (Å²) < 4.78 is 1.38. The van der Waals surface area contributed by atoms with E-state index < -0.39 is 0 Å². The molecule has 1 aromatic carbocycles. The molecule has 1 aromatic heterocycles. The Balaban J connectivity index is 1.52. The van der Waals surface area contributed by atoms with Crippen LogP contribution in [0.2, 0.25) is 0 Å². The van der Waals surface area contributed by atoms with Crippen LogP contribution in [0.4, 0.5) is 5.69 Å². The van der Waals surface area contributed by atoms with Crippen molar-refractivity contribution in [1.29, 1.82) is 0 Å². The SMILES string of the molecule is CC(Nc1ccc2sccc2c1)C1CC2C=CC1C2. The van der Waals surface area contributed by atoms with E-state index in [9.17, 15) is 0 Å². The molecule has 98 valence electrons. The highest BCUT2D eigenvalue weighted by atomic mass is 32.1. The van der Waals surface area contributed by atoms with Crippen molar-refractivity contribution < 1.29 is 0 Å². The fourth-order valence-corrected chi connectivity index (χ4v) is 4.60. The van der Waals surface area contributed by atoms with Gasteiger partial charge in [0, 0.05) is 16.4 Å². The first kappa shape index (κ1) is 11.5. The molecule has 4 rings (SSSR count). The fourth-order valence-electron chi connectivity index (χ4n) is 3.82. The van der Waals surface area contributed by atoms with Crippen molar-refractivity contribution in [2.75, 3.05) is 5.32 Å². The number of allylic oxidation sites excluding steroid dienone is 2. The van der Waals surface area contributed by atoms with Gasteiger partial charge in [-0.05, 0) is 72.6 Å². The lowest BCUT2D eigenvalue weighted by Crippen LogP contribution is -2.28. The van der Waals surface area contributed by atoms with Crippen LogP contribution in [0.5, 0.6) is 0 Å². The lowest BCUT2D eigenvalue weighted by molar-refractivity contribution is 0.400. The zero-order valence-electron chi connectivity index (χ0n) is 11.2. The first-order valence-corrected chi connectivity index (χ1v) is 8.10. The van der Waals surface area contributed by atoms with E-state index in [2.05, 4.69) is 54.0 Å². The Kier molecular flexibility index (Phi) is 2.66. The van der Waals surface area contributed by atoms with E-state index in [0.29, 0.717) is 6.04 Å². The molecule has 1 nitrogen and oxygen atoms in total. The Morgan fingerprint density at radius 2 is 2.16 bits per heavy atom. The summed E-state index contributed by atoms with van der Waals surface area (Å²) in [7, 11) is 0. The monoisotopic (exact) mass is 269 g/mol. The first-order valence-electron chi connectivity index (χ1n) is 7.22. The molecule has 2 aliphatic carbocycles. The lowest BCUT2D eigenvalue weighted by Gasteiger charge is -2.27. The van der Waals surface area contributed by atoms with E-state index in [0.717, 1.165) is 17.8 Å². The third kappa shape index (κ3) is 1.99. The zero-order valence-corrected chi connectivity index (χ0v) is 12.0. The molecular formula is C17H19NS. The average molecular weight is 269 g/mol. The molecule has 1 N–H and O–H groups in total. The second kappa shape index (κ2) is 4.38. The molecule has 0 saturated heterocycles. The lowest BCUT2D eigenvalue weighted by atomic mass is 9.87. The normalized spacial score (nSPS) is 30.1. The van der Waals surface area contributed by atoms with Gasteiger partial charge in [0.2, 0.25) is 0 Å². The van der Waals surface area contributed by atoms with Crippen LogP contribution < -0.4 is 5.32 Å². The predicted octanol–water partition coefficient (Wildman–Crippen LogP) is 4.91. The van der Waals surface area contributed by atoms with Crippen molar-refractivity contribution in [2.24, 2.45) is 17.8 Å². The highest BCUT2D eigenvalue weighted by Crippen LogP contribution is 2.45. The number of rotatable bonds is 3. The Morgan fingerprint density at radius 3 is 2.95 bits per heavy atom. The van der Waals surface area contributed by atoms with Crippen LogP contribution >= 0.6 is 11.3 Å². The van der Waals surface area contributed by atoms with Crippen LogP contribution in [0, 0.1) is 17.8 Å². The van der Waals surface area contributed by atoms with E-state index in [-0.39, 0.29) is 0 Å². The molecule has 2 aromatic rings. The fraction of sp³-hybridized carbons (Fsp3) is 0.412. The van der Waals surface area contributed by atoms with Crippen LogP contribution in [0.1, 0.15) is 19.8 Å². The molecule has 4 atom stereocenters. The number of hydrogen-bond acceptors (Lipinski definition) is 2. The molecule has 2 heteroatoms. The molecule has 0 amide bonds. The zero-order chi connectivity index (χ0) is 12.8. The Labute approximate surface area is 118 Å². The molecule has 0 aliphatic heterocycles. The quantitative estimate of drug-likeness (QED) is 0.780. The molecular weight excluding hydrogens is 250 g/mol. The van der Waals surface area contributed by atoms with Gasteiger partial charge in [0.05, 0.1) is 0 Å². The van der Waals surface area contributed by atoms with Crippen LogP contribution in [-0.2, 0) is 0 Å². The van der Waals surface area contributed by atoms with Gasteiger partial charge >= 0.3 is 0 Å². The number of hydrogen-bond donors (Lipinski definition) is 1. The van der Waals surface area contributed by atoms with E-state index in [1.807, 2.05) is 11.3 Å². The Hall–Kier alpha value is -1.28. The van der Waals surface area contributed by atoms with E-state index in [1.54, 1.807) is 0 Å². The van der Waals surface area contributed by atoms with Gasteiger partial charge in [0.25, 0.3) is 0 Å².